The molecule has 0 spiro atoms. The van der Waals surface area contributed by atoms with Gasteiger partial charge in [-0.25, -0.2) is 9.59 Å². The van der Waals surface area contributed by atoms with E-state index in [0.29, 0.717) is 6.61 Å². The number of nitrogens with one attached hydrogen (secondary N) is 2. The van der Waals surface area contributed by atoms with Gasteiger partial charge in [0.15, 0.2) is 8.32 Å². The smallest absolute Gasteiger partial charge is 0.407 e. The summed E-state index contributed by atoms with van der Waals surface area (Å²) in [6, 6.07) is 11.0. The summed E-state index contributed by atoms with van der Waals surface area (Å²) in [5.41, 5.74) is 1.84. The van der Waals surface area contributed by atoms with Crippen molar-refractivity contribution in [3.63, 3.8) is 0 Å². The van der Waals surface area contributed by atoms with E-state index in [2.05, 4.69) is 120 Å². The van der Waals surface area contributed by atoms with Crippen LogP contribution in [-0.2, 0) is 33.6 Å². The quantitative estimate of drug-likeness (QED) is 0.110. The normalized spacial score (nSPS) is 13.1. The highest BCUT2D eigenvalue weighted by atomic mass is 127. The Hall–Kier alpha value is -1.90. The Balaban J connectivity index is 1.87. The summed E-state index contributed by atoms with van der Waals surface area (Å²) in [5.74, 6) is 0. The van der Waals surface area contributed by atoms with E-state index in [9.17, 15) is 9.59 Å². The van der Waals surface area contributed by atoms with Crippen molar-refractivity contribution in [2.45, 2.75) is 111 Å². The molecule has 2 N–H and O–H groups in total. The van der Waals surface area contributed by atoms with Crippen LogP contribution in [0.4, 0.5) is 9.59 Å². The van der Waals surface area contributed by atoms with Gasteiger partial charge in [0, 0.05) is 20.2 Å². The minimum Gasteiger partial charge on any atom is -0.444 e. The summed E-state index contributed by atoms with van der Waals surface area (Å²) < 4.78 is 19.9. The van der Waals surface area contributed by atoms with Crippen molar-refractivity contribution < 1.29 is 23.5 Å². The maximum absolute atomic E-state index is 12.7. The predicted molar refractivity (Wildman–Crippen MR) is 204 cm³/mol. The Kier molecular flexibility index (Phi) is 10.3. The summed E-state index contributed by atoms with van der Waals surface area (Å²) >= 11 is 4.85. The third kappa shape index (κ3) is 8.53. The molecule has 0 heterocycles. The van der Waals surface area contributed by atoms with Crippen LogP contribution in [0.15, 0.2) is 30.3 Å². The SMILES string of the molecule is CC(C)(C)OC(=O)NCc1cc(CNC(=O)OC(C)(C)C)c2cc(I)c3cc(CO[Si](C)(C)C(C)(C)C)cc4c(I)cc1c2c43. The van der Waals surface area contributed by atoms with Gasteiger partial charge in [0.25, 0.3) is 0 Å². The van der Waals surface area contributed by atoms with Crippen LogP contribution in [0.1, 0.15) is 79.0 Å². The second kappa shape index (κ2) is 12.9. The lowest BCUT2D eigenvalue weighted by molar-refractivity contribution is 0.0513. The highest BCUT2D eigenvalue weighted by molar-refractivity contribution is 14.1. The standard InChI is InChI=1S/C35H46I2N2O5Si/c1-33(2,3)43-31(40)38-17-21-14-22(18-39-32(41)44-34(4,5)6)24-16-28(37)26-13-20(19-42-45(10,11)35(7,8)9)12-25-27(36)15-23(21)29(24)30(25)26/h12-16H,17-19H2,1-11H3,(H,38,40)(H,39,41). The summed E-state index contributed by atoms with van der Waals surface area (Å²) in [5, 5.41) is 12.8. The molecule has 4 rings (SSSR count). The Morgan fingerprint density at radius 2 is 1.07 bits per heavy atom. The number of ether oxygens (including phenoxy) is 2. The Bertz CT molecular complexity index is 1640. The average Bonchev–Trinajstić information content (AvgIpc) is 2.87. The minimum absolute atomic E-state index is 0.124. The third-order valence-corrected chi connectivity index (χ3v) is 14.4. The van der Waals surface area contributed by atoms with Gasteiger partial charge in [-0.05, 0) is 178 Å². The summed E-state index contributed by atoms with van der Waals surface area (Å²) in [6.45, 7) is 23.5. The molecule has 4 aromatic rings. The van der Waals surface area contributed by atoms with Gasteiger partial charge in [-0.1, -0.05) is 26.8 Å². The first-order valence-corrected chi connectivity index (χ1v) is 20.3. The molecule has 0 unspecified atom stereocenters. The van der Waals surface area contributed by atoms with Crippen molar-refractivity contribution in [3.05, 3.63) is 54.2 Å². The molecule has 10 heteroatoms. The number of carbonyl (C=O) groups excluding carboxylic acids is 2. The van der Waals surface area contributed by atoms with Crippen LogP contribution in [0.25, 0.3) is 32.3 Å². The van der Waals surface area contributed by atoms with E-state index in [-0.39, 0.29) is 18.1 Å². The van der Waals surface area contributed by atoms with Crippen LogP contribution in [0, 0.1) is 7.14 Å². The molecule has 244 valence electrons. The van der Waals surface area contributed by atoms with Gasteiger partial charge in [0.05, 0.1) is 6.61 Å². The average molecular weight is 857 g/mol. The van der Waals surface area contributed by atoms with E-state index >= 15 is 0 Å². The largest absolute Gasteiger partial charge is 0.444 e. The fraction of sp³-hybridized carbons (Fsp3) is 0.486. The van der Waals surface area contributed by atoms with Gasteiger partial charge in [-0.3, -0.25) is 0 Å². The molecular formula is C35H46I2N2O5Si. The molecule has 0 aliphatic carbocycles. The highest BCUT2D eigenvalue weighted by Gasteiger charge is 2.37. The zero-order valence-electron chi connectivity index (χ0n) is 28.3. The van der Waals surface area contributed by atoms with E-state index in [1.54, 1.807) is 0 Å². The predicted octanol–water partition coefficient (Wildman–Crippen LogP) is 10.4. The summed E-state index contributed by atoms with van der Waals surface area (Å²) in [4.78, 5) is 25.3. The number of rotatable bonds is 7. The molecule has 0 fully saturated rings. The monoisotopic (exact) mass is 856 g/mol. The van der Waals surface area contributed by atoms with Crippen LogP contribution in [0.5, 0.6) is 0 Å². The second-order valence-electron chi connectivity index (χ2n) is 15.2. The van der Waals surface area contributed by atoms with Gasteiger partial charge in [-0.2, -0.15) is 0 Å². The van der Waals surface area contributed by atoms with E-state index < -0.39 is 31.7 Å². The lowest BCUT2D eigenvalue weighted by Gasteiger charge is -2.36. The van der Waals surface area contributed by atoms with Crippen molar-refractivity contribution in [2.75, 3.05) is 0 Å². The number of halogens is 2. The number of alkyl carbamates (subject to hydrolysis) is 2. The molecule has 0 aliphatic rings. The minimum atomic E-state index is -1.94. The molecule has 0 aliphatic heterocycles. The maximum Gasteiger partial charge on any atom is 0.407 e. The fourth-order valence-corrected chi connectivity index (χ4v) is 7.44. The molecule has 0 atom stereocenters. The third-order valence-electron chi connectivity index (χ3n) is 8.13. The highest BCUT2D eigenvalue weighted by Crippen LogP contribution is 2.43. The van der Waals surface area contributed by atoms with E-state index in [1.807, 2.05) is 41.5 Å². The molecule has 0 radical (unpaired) electrons. The van der Waals surface area contributed by atoms with Crippen LogP contribution >= 0.6 is 45.2 Å². The fourth-order valence-electron chi connectivity index (χ4n) is 5.01. The lowest BCUT2D eigenvalue weighted by Crippen LogP contribution is -2.40. The molecule has 0 aromatic heterocycles. The van der Waals surface area contributed by atoms with Crippen LogP contribution in [0.2, 0.25) is 18.1 Å². The number of hydrogen-bond donors (Lipinski definition) is 2. The second-order valence-corrected chi connectivity index (χ2v) is 22.3. The molecular weight excluding hydrogens is 810 g/mol. The molecule has 7 nitrogen and oxygen atoms in total. The first-order valence-electron chi connectivity index (χ1n) is 15.3. The molecule has 2 amide bonds. The zero-order valence-corrected chi connectivity index (χ0v) is 33.6. The summed E-state index contributed by atoms with van der Waals surface area (Å²) in [7, 11) is -1.94. The van der Waals surface area contributed by atoms with Gasteiger partial charge in [0.1, 0.15) is 11.2 Å². The number of carbonyl (C=O) groups is 2. The van der Waals surface area contributed by atoms with Crippen LogP contribution in [-0.4, -0.2) is 31.7 Å². The topological polar surface area (TPSA) is 85.9 Å². The first kappa shape index (κ1) is 35.9. The zero-order chi connectivity index (χ0) is 33.7. The maximum atomic E-state index is 12.7. The Morgan fingerprint density at radius 1 is 0.667 bits per heavy atom. The number of hydrogen-bond acceptors (Lipinski definition) is 5. The molecule has 45 heavy (non-hydrogen) atoms. The van der Waals surface area contributed by atoms with Crippen molar-refractivity contribution in [1.29, 1.82) is 0 Å². The van der Waals surface area contributed by atoms with Gasteiger partial charge in [-0.15, -0.1) is 0 Å². The van der Waals surface area contributed by atoms with Crippen molar-refractivity contribution in [2.24, 2.45) is 0 Å². The Morgan fingerprint density at radius 3 is 1.44 bits per heavy atom. The van der Waals surface area contributed by atoms with E-state index in [1.165, 1.54) is 16.2 Å². The van der Waals surface area contributed by atoms with Crippen molar-refractivity contribution in [3.8, 4) is 0 Å². The van der Waals surface area contributed by atoms with Crippen molar-refractivity contribution >= 4 is 98.0 Å². The van der Waals surface area contributed by atoms with Crippen molar-refractivity contribution in [1.82, 2.24) is 10.6 Å². The molecule has 0 saturated heterocycles. The molecule has 0 saturated carbocycles. The lowest BCUT2D eigenvalue weighted by atomic mass is 9.88. The van der Waals surface area contributed by atoms with Crippen LogP contribution < -0.4 is 10.6 Å². The van der Waals surface area contributed by atoms with Gasteiger partial charge >= 0.3 is 12.2 Å². The van der Waals surface area contributed by atoms with Crippen LogP contribution in [0.3, 0.4) is 0 Å². The van der Waals surface area contributed by atoms with Gasteiger partial charge < -0.3 is 24.5 Å². The Labute approximate surface area is 295 Å². The van der Waals surface area contributed by atoms with E-state index in [4.69, 9.17) is 13.9 Å². The number of benzene rings is 4. The molecule has 0 bridgehead atoms. The van der Waals surface area contributed by atoms with E-state index in [0.717, 1.165) is 40.0 Å². The molecule has 4 aromatic carbocycles. The summed E-state index contributed by atoms with van der Waals surface area (Å²) in [6.07, 6.45) is -0.950. The van der Waals surface area contributed by atoms with Gasteiger partial charge in [0.2, 0.25) is 0 Å². The first-order chi connectivity index (χ1) is 20.6. The number of amides is 2.